The van der Waals surface area contributed by atoms with Gasteiger partial charge in [0.05, 0.1) is 17.1 Å². The molecule has 1 amide bonds. The number of carbonyl (C=O) groups is 1. The van der Waals surface area contributed by atoms with Gasteiger partial charge in [0.15, 0.2) is 0 Å². The van der Waals surface area contributed by atoms with Crippen LogP contribution in [0, 0.1) is 13.8 Å². The third-order valence-electron chi connectivity index (χ3n) is 5.15. The van der Waals surface area contributed by atoms with Gasteiger partial charge in [0.25, 0.3) is 5.56 Å². The van der Waals surface area contributed by atoms with Crippen molar-refractivity contribution in [1.82, 2.24) is 24.2 Å². The van der Waals surface area contributed by atoms with Crippen LogP contribution >= 0.6 is 11.3 Å². The molecule has 8 heteroatoms. The SMILES string of the molecule is Cc1cc(C)n(C(C)CC(=O)N2CCc3nc4sccc4c(=O)n3CC2)n1. The Kier molecular flexibility index (Phi) is 4.59. The number of aryl methyl sites for hydroxylation is 2. The van der Waals surface area contributed by atoms with Crippen LogP contribution in [0.15, 0.2) is 22.3 Å². The van der Waals surface area contributed by atoms with E-state index < -0.39 is 0 Å². The van der Waals surface area contributed by atoms with E-state index in [4.69, 9.17) is 0 Å². The predicted octanol–water partition coefficient (Wildman–Crippen LogP) is 2.31. The quantitative estimate of drug-likeness (QED) is 0.694. The van der Waals surface area contributed by atoms with Gasteiger partial charge in [-0.25, -0.2) is 4.98 Å². The fraction of sp³-hybridized carbons (Fsp3) is 0.474. The number of nitrogens with zero attached hydrogens (tertiary/aromatic N) is 5. The molecule has 142 valence electrons. The highest BCUT2D eigenvalue weighted by Gasteiger charge is 2.23. The molecule has 0 saturated heterocycles. The van der Waals surface area contributed by atoms with Crippen LogP contribution in [0.1, 0.15) is 36.6 Å². The van der Waals surface area contributed by atoms with Crippen molar-refractivity contribution in [2.45, 2.75) is 46.2 Å². The molecule has 3 aromatic heterocycles. The summed E-state index contributed by atoms with van der Waals surface area (Å²) in [5.41, 5.74) is 2.02. The minimum Gasteiger partial charge on any atom is -0.340 e. The van der Waals surface area contributed by atoms with Gasteiger partial charge in [0.2, 0.25) is 5.91 Å². The first-order chi connectivity index (χ1) is 12.9. The lowest BCUT2D eigenvalue weighted by Crippen LogP contribution is -2.35. The number of hydrogen-bond donors (Lipinski definition) is 0. The number of hydrogen-bond acceptors (Lipinski definition) is 5. The summed E-state index contributed by atoms with van der Waals surface area (Å²) in [7, 11) is 0. The van der Waals surface area contributed by atoms with Gasteiger partial charge in [-0.15, -0.1) is 11.3 Å². The van der Waals surface area contributed by atoms with Gasteiger partial charge in [0.1, 0.15) is 10.7 Å². The van der Waals surface area contributed by atoms with Gasteiger partial charge in [-0.3, -0.25) is 18.8 Å². The first-order valence-electron chi connectivity index (χ1n) is 9.21. The van der Waals surface area contributed by atoms with E-state index in [2.05, 4.69) is 10.1 Å². The Bertz CT molecular complexity index is 1060. The number of carbonyl (C=O) groups excluding carboxylic acids is 1. The second-order valence-corrected chi connectivity index (χ2v) is 8.07. The van der Waals surface area contributed by atoms with E-state index in [1.807, 2.05) is 47.9 Å². The number of thiophene rings is 1. The number of rotatable bonds is 3. The lowest BCUT2D eigenvalue weighted by molar-refractivity contribution is -0.132. The van der Waals surface area contributed by atoms with Crippen LogP contribution in [0.5, 0.6) is 0 Å². The summed E-state index contributed by atoms with van der Waals surface area (Å²) in [6, 6.07) is 3.85. The van der Waals surface area contributed by atoms with Crippen molar-refractivity contribution in [3.8, 4) is 0 Å². The second-order valence-electron chi connectivity index (χ2n) is 7.18. The molecule has 0 aliphatic carbocycles. The van der Waals surface area contributed by atoms with E-state index in [0.717, 1.165) is 22.0 Å². The van der Waals surface area contributed by atoms with Crippen molar-refractivity contribution in [1.29, 1.82) is 0 Å². The maximum atomic E-state index is 12.9. The molecule has 3 aromatic rings. The monoisotopic (exact) mass is 385 g/mol. The zero-order valence-electron chi connectivity index (χ0n) is 15.8. The molecule has 27 heavy (non-hydrogen) atoms. The molecular weight excluding hydrogens is 362 g/mol. The van der Waals surface area contributed by atoms with Gasteiger partial charge in [-0.1, -0.05) is 0 Å². The largest absolute Gasteiger partial charge is 0.340 e. The van der Waals surface area contributed by atoms with Crippen LogP contribution in [-0.4, -0.2) is 43.2 Å². The van der Waals surface area contributed by atoms with Crippen LogP contribution in [0.2, 0.25) is 0 Å². The summed E-state index contributed by atoms with van der Waals surface area (Å²) in [6.45, 7) is 7.60. The highest BCUT2D eigenvalue weighted by atomic mass is 32.1. The highest BCUT2D eigenvalue weighted by molar-refractivity contribution is 7.16. The lowest BCUT2D eigenvalue weighted by atomic mass is 10.2. The summed E-state index contributed by atoms with van der Waals surface area (Å²) in [4.78, 5) is 32.8. The number of fused-ring (bicyclic) bond motifs is 2. The van der Waals surface area contributed by atoms with E-state index in [-0.39, 0.29) is 17.5 Å². The Hall–Kier alpha value is -2.48. The molecule has 4 rings (SSSR count). The third-order valence-corrected chi connectivity index (χ3v) is 5.95. The van der Waals surface area contributed by atoms with Crippen LogP contribution in [0.4, 0.5) is 0 Å². The summed E-state index contributed by atoms with van der Waals surface area (Å²) >= 11 is 1.48. The second kappa shape index (κ2) is 6.92. The number of amides is 1. The summed E-state index contributed by atoms with van der Waals surface area (Å²) in [6.07, 6.45) is 0.999. The highest BCUT2D eigenvalue weighted by Crippen LogP contribution is 2.19. The Balaban J connectivity index is 1.49. The first-order valence-corrected chi connectivity index (χ1v) is 10.1. The third kappa shape index (κ3) is 3.29. The van der Waals surface area contributed by atoms with Crippen LogP contribution < -0.4 is 5.56 Å². The van der Waals surface area contributed by atoms with Crippen LogP contribution in [-0.2, 0) is 17.8 Å². The van der Waals surface area contributed by atoms with E-state index in [1.165, 1.54) is 11.3 Å². The molecule has 0 aromatic carbocycles. The zero-order valence-corrected chi connectivity index (χ0v) is 16.6. The summed E-state index contributed by atoms with van der Waals surface area (Å²) in [5.74, 6) is 0.870. The number of aromatic nitrogens is 4. The van der Waals surface area contributed by atoms with E-state index >= 15 is 0 Å². The van der Waals surface area contributed by atoms with Crippen LogP contribution in [0.25, 0.3) is 10.2 Å². The van der Waals surface area contributed by atoms with Crippen molar-refractivity contribution in [2.24, 2.45) is 0 Å². The zero-order chi connectivity index (χ0) is 19.1. The molecule has 0 N–H and O–H groups in total. The van der Waals surface area contributed by atoms with Gasteiger partial charge >= 0.3 is 0 Å². The first kappa shape index (κ1) is 17.9. The van der Waals surface area contributed by atoms with E-state index in [9.17, 15) is 9.59 Å². The molecule has 1 aliphatic heterocycles. The predicted molar refractivity (Wildman–Crippen MR) is 105 cm³/mol. The summed E-state index contributed by atoms with van der Waals surface area (Å²) in [5, 5.41) is 7.05. The van der Waals surface area contributed by atoms with E-state index in [0.29, 0.717) is 37.9 Å². The normalized spacial score (nSPS) is 15.6. The molecule has 1 atom stereocenters. The lowest BCUT2D eigenvalue weighted by Gasteiger charge is -2.22. The molecule has 7 nitrogen and oxygen atoms in total. The molecular formula is C19H23N5O2S. The van der Waals surface area contributed by atoms with Crippen molar-refractivity contribution >= 4 is 27.5 Å². The average molecular weight is 385 g/mol. The van der Waals surface area contributed by atoms with Crippen molar-refractivity contribution < 1.29 is 4.79 Å². The molecule has 0 radical (unpaired) electrons. The Morgan fingerprint density at radius 2 is 2.11 bits per heavy atom. The maximum Gasteiger partial charge on any atom is 0.262 e. The Morgan fingerprint density at radius 3 is 2.85 bits per heavy atom. The van der Waals surface area contributed by atoms with Crippen molar-refractivity contribution in [3.63, 3.8) is 0 Å². The van der Waals surface area contributed by atoms with Crippen molar-refractivity contribution in [2.75, 3.05) is 13.1 Å². The maximum absolute atomic E-state index is 12.9. The molecule has 1 unspecified atom stereocenters. The van der Waals surface area contributed by atoms with Gasteiger partial charge in [-0.05, 0) is 38.3 Å². The summed E-state index contributed by atoms with van der Waals surface area (Å²) < 4.78 is 3.65. The van der Waals surface area contributed by atoms with Gasteiger partial charge in [0, 0.05) is 38.2 Å². The Labute approximate surface area is 161 Å². The molecule has 0 fully saturated rings. The van der Waals surface area contributed by atoms with Gasteiger partial charge in [-0.2, -0.15) is 5.10 Å². The molecule has 4 heterocycles. The standard InChI is InChI=1S/C19H23N5O2S/c1-12-10-13(2)24(21-12)14(3)11-17(25)22-6-4-16-20-18-15(5-9-27-18)19(26)23(16)8-7-22/h5,9-10,14H,4,6-8,11H2,1-3H3. The fourth-order valence-corrected chi connectivity index (χ4v) is 4.56. The van der Waals surface area contributed by atoms with E-state index in [1.54, 1.807) is 4.57 Å². The molecule has 1 aliphatic rings. The molecule has 0 spiro atoms. The molecule has 0 bridgehead atoms. The Morgan fingerprint density at radius 1 is 1.30 bits per heavy atom. The average Bonchev–Trinajstić information content (AvgIpc) is 3.15. The topological polar surface area (TPSA) is 73.0 Å². The van der Waals surface area contributed by atoms with Crippen molar-refractivity contribution in [3.05, 3.63) is 45.1 Å². The minimum atomic E-state index is 0.00144. The molecule has 0 saturated carbocycles. The fourth-order valence-electron chi connectivity index (χ4n) is 3.79. The van der Waals surface area contributed by atoms with Crippen LogP contribution in [0.3, 0.4) is 0 Å². The minimum absolute atomic E-state index is 0.00144. The smallest absolute Gasteiger partial charge is 0.262 e. The van der Waals surface area contributed by atoms with Gasteiger partial charge < -0.3 is 4.90 Å².